The van der Waals surface area contributed by atoms with Crippen LogP contribution in [0, 0.1) is 0 Å². The van der Waals surface area contributed by atoms with Crippen molar-refractivity contribution in [1.82, 2.24) is 10.2 Å². The maximum absolute atomic E-state index is 11.3. The highest BCUT2D eigenvalue weighted by atomic mass is 16.1. The topological polar surface area (TPSA) is 66.5 Å². The Labute approximate surface area is 133 Å². The summed E-state index contributed by atoms with van der Waals surface area (Å²) in [6, 6.07) is -0.435. The van der Waals surface area contributed by atoms with Gasteiger partial charge in [0.25, 0.3) is 0 Å². The fraction of sp³-hybridized carbons (Fsp3) is 0.438. The fourth-order valence-electron chi connectivity index (χ4n) is 1.93. The molecule has 0 aliphatic heterocycles. The van der Waals surface area contributed by atoms with Gasteiger partial charge >= 0.3 is 0 Å². The Morgan fingerprint density at radius 3 is 2.45 bits per heavy atom. The summed E-state index contributed by atoms with van der Waals surface area (Å²) in [5.41, 5.74) is 1.46. The van der Waals surface area contributed by atoms with Crippen LogP contribution in [0.5, 0.6) is 0 Å². The van der Waals surface area contributed by atoms with E-state index in [2.05, 4.69) is 11.9 Å². The van der Waals surface area contributed by atoms with Crippen LogP contribution in [0.25, 0.3) is 0 Å². The van der Waals surface area contributed by atoms with E-state index in [0.717, 1.165) is 6.29 Å². The number of allylic oxidation sites excluding steroid dienone is 3. The number of aldehydes is 2. The van der Waals surface area contributed by atoms with Crippen molar-refractivity contribution >= 4 is 26.3 Å². The lowest BCUT2D eigenvalue weighted by Crippen LogP contribution is -2.36. The van der Waals surface area contributed by atoms with E-state index in [1.807, 2.05) is 0 Å². The van der Waals surface area contributed by atoms with Crippen LogP contribution in [-0.2, 0) is 14.4 Å². The molecule has 0 bridgehead atoms. The second kappa shape index (κ2) is 10.7. The summed E-state index contributed by atoms with van der Waals surface area (Å²) in [6.07, 6.45) is 5.26. The Hall–Kier alpha value is -1.95. The van der Waals surface area contributed by atoms with Gasteiger partial charge in [0.05, 0.1) is 6.04 Å². The number of amides is 1. The number of likely N-dealkylation sites (N-methyl/N-ethyl adjacent to an activating group) is 1. The number of carbonyl (C=O) groups excluding carboxylic acids is 3. The molecule has 1 N–H and O–H groups in total. The first kappa shape index (κ1) is 20.1. The lowest BCUT2D eigenvalue weighted by Gasteiger charge is -2.25. The minimum Gasteiger partial charge on any atom is -0.359 e. The Morgan fingerprint density at radius 1 is 1.41 bits per heavy atom. The fourth-order valence-corrected chi connectivity index (χ4v) is 1.93. The summed E-state index contributed by atoms with van der Waals surface area (Å²) in [5, 5.41) is 2.52. The first-order valence-corrected chi connectivity index (χ1v) is 7.04. The molecule has 0 aliphatic carbocycles. The first-order chi connectivity index (χ1) is 10.4. The summed E-state index contributed by atoms with van der Waals surface area (Å²) in [5.74, 6) is -0.122. The van der Waals surface area contributed by atoms with Crippen LogP contribution < -0.4 is 5.32 Å². The van der Waals surface area contributed by atoms with Crippen LogP contribution in [0.3, 0.4) is 0 Å². The predicted molar refractivity (Wildman–Crippen MR) is 88.6 cm³/mol. The van der Waals surface area contributed by atoms with E-state index in [0.29, 0.717) is 35.9 Å². The van der Waals surface area contributed by atoms with Gasteiger partial charge in [-0.25, -0.2) is 0 Å². The molecule has 2 radical (unpaired) electrons. The van der Waals surface area contributed by atoms with E-state index < -0.39 is 6.04 Å². The van der Waals surface area contributed by atoms with E-state index in [-0.39, 0.29) is 12.3 Å². The van der Waals surface area contributed by atoms with E-state index in [4.69, 9.17) is 7.85 Å². The van der Waals surface area contributed by atoms with Gasteiger partial charge < -0.3 is 10.1 Å². The normalized spacial score (nSPS) is 14.1. The van der Waals surface area contributed by atoms with E-state index in [1.54, 1.807) is 32.0 Å². The minimum absolute atomic E-state index is 0.122. The SMILES string of the molecule is [B]C(=C/C)/C(CN(C)C(C=O)CCC(=O)NC)=C(\C=C)C=O. The van der Waals surface area contributed by atoms with Crippen LogP contribution in [0.15, 0.2) is 35.3 Å². The molecule has 1 unspecified atom stereocenters. The van der Waals surface area contributed by atoms with Crippen LogP contribution in [0.2, 0.25) is 0 Å². The molecule has 0 rings (SSSR count). The van der Waals surface area contributed by atoms with Crippen molar-refractivity contribution in [3.63, 3.8) is 0 Å². The third kappa shape index (κ3) is 6.22. The van der Waals surface area contributed by atoms with Gasteiger partial charge in [0, 0.05) is 25.6 Å². The van der Waals surface area contributed by atoms with Crippen molar-refractivity contribution in [1.29, 1.82) is 0 Å². The molecule has 0 saturated heterocycles. The number of nitrogens with zero attached hydrogens (tertiary/aromatic N) is 1. The highest BCUT2D eigenvalue weighted by Gasteiger charge is 2.18. The third-order valence-electron chi connectivity index (χ3n) is 3.43. The molecule has 5 nitrogen and oxygen atoms in total. The number of nitrogens with one attached hydrogen (secondary N) is 1. The molecule has 22 heavy (non-hydrogen) atoms. The van der Waals surface area contributed by atoms with Crippen LogP contribution in [0.4, 0.5) is 0 Å². The zero-order valence-corrected chi connectivity index (χ0v) is 13.5. The van der Waals surface area contributed by atoms with E-state index >= 15 is 0 Å². The molecule has 0 aromatic heterocycles. The van der Waals surface area contributed by atoms with Gasteiger partial charge in [0.2, 0.25) is 5.91 Å². The zero-order valence-electron chi connectivity index (χ0n) is 13.5. The van der Waals surface area contributed by atoms with Crippen molar-refractivity contribution in [2.75, 3.05) is 20.6 Å². The van der Waals surface area contributed by atoms with E-state index in [9.17, 15) is 14.4 Å². The highest BCUT2D eigenvalue weighted by Crippen LogP contribution is 2.16. The summed E-state index contributed by atoms with van der Waals surface area (Å²) < 4.78 is 0. The lowest BCUT2D eigenvalue weighted by atomic mass is 9.84. The zero-order chi connectivity index (χ0) is 17.1. The van der Waals surface area contributed by atoms with Gasteiger partial charge in [-0.3, -0.25) is 14.5 Å². The monoisotopic (exact) mass is 302 g/mol. The molecule has 6 heteroatoms. The van der Waals surface area contributed by atoms with Crippen LogP contribution in [0.1, 0.15) is 19.8 Å². The first-order valence-electron chi connectivity index (χ1n) is 7.04. The van der Waals surface area contributed by atoms with Gasteiger partial charge in [-0.15, -0.1) is 0 Å². The highest BCUT2D eigenvalue weighted by molar-refractivity contribution is 6.24. The van der Waals surface area contributed by atoms with Gasteiger partial charge in [0.15, 0.2) is 0 Å². The van der Waals surface area contributed by atoms with Crippen LogP contribution in [-0.4, -0.2) is 57.9 Å². The summed E-state index contributed by atoms with van der Waals surface area (Å²) in [7, 11) is 9.22. The van der Waals surface area contributed by atoms with Crippen molar-refractivity contribution in [2.45, 2.75) is 25.8 Å². The van der Waals surface area contributed by atoms with Crippen molar-refractivity contribution in [3.8, 4) is 0 Å². The van der Waals surface area contributed by atoms with Crippen molar-refractivity contribution in [2.24, 2.45) is 0 Å². The Morgan fingerprint density at radius 2 is 2.05 bits per heavy atom. The lowest BCUT2D eigenvalue weighted by molar-refractivity contribution is -0.121. The molecule has 0 fully saturated rings. The Kier molecular flexibility index (Phi) is 9.79. The molecule has 0 spiro atoms. The summed E-state index contributed by atoms with van der Waals surface area (Å²) in [4.78, 5) is 35.4. The van der Waals surface area contributed by atoms with Crippen LogP contribution >= 0.6 is 0 Å². The second-order valence-electron chi connectivity index (χ2n) is 4.83. The minimum atomic E-state index is -0.435. The molecular weight excluding hydrogens is 279 g/mol. The molecule has 0 aromatic rings. The number of hydrogen-bond donors (Lipinski definition) is 1. The second-order valence-corrected chi connectivity index (χ2v) is 4.83. The van der Waals surface area contributed by atoms with Gasteiger partial charge in [-0.2, -0.15) is 0 Å². The predicted octanol–water partition coefficient (Wildman–Crippen LogP) is 0.766. The number of carbonyl (C=O) groups is 3. The van der Waals surface area contributed by atoms with Crippen molar-refractivity contribution in [3.05, 3.63) is 35.3 Å². The third-order valence-corrected chi connectivity index (χ3v) is 3.43. The number of rotatable bonds is 10. The quantitative estimate of drug-likeness (QED) is 0.280. The molecule has 1 atom stereocenters. The van der Waals surface area contributed by atoms with Gasteiger partial charge in [-0.1, -0.05) is 24.2 Å². The molecule has 0 aromatic carbocycles. The Bertz CT molecular complexity index is 474. The molecule has 1 amide bonds. The molecule has 0 heterocycles. The Balaban J connectivity index is 5.15. The van der Waals surface area contributed by atoms with Crippen molar-refractivity contribution < 1.29 is 14.4 Å². The summed E-state index contributed by atoms with van der Waals surface area (Å²) in [6.45, 7) is 5.68. The maximum atomic E-state index is 11.3. The maximum Gasteiger partial charge on any atom is 0.219 e. The molecular formula is C16H23BN2O3. The van der Waals surface area contributed by atoms with Gasteiger partial charge in [-0.05, 0) is 26.0 Å². The van der Waals surface area contributed by atoms with Gasteiger partial charge in [0.1, 0.15) is 20.4 Å². The molecule has 0 saturated carbocycles. The number of hydrogen-bond acceptors (Lipinski definition) is 4. The molecule has 0 aliphatic rings. The summed E-state index contributed by atoms with van der Waals surface area (Å²) >= 11 is 0. The largest absolute Gasteiger partial charge is 0.359 e. The molecule has 118 valence electrons. The average Bonchev–Trinajstić information content (AvgIpc) is 2.54. The smallest absolute Gasteiger partial charge is 0.219 e. The standard InChI is InChI=1S/C16H23BN2O3/c1-5-12(10-20)14(15(17)6-2)9-19(4)13(11-21)7-8-16(22)18-3/h5-6,10-11,13H,1,7-9H2,2-4H3,(H,18,22)/b14-12+,15-6+. The average molecular weight is 302 g/mol. The van der Waals surface area contributed by atoms with E-state index in [1.165, 1.54) is 6.08 Å².